The second kappa shape index (κ2) is 13.3. The number of fused-ring (bicyclic) bond motifs is 4. The molecule has 9 nitrogen and oxygen atoms in total. The predicted molar refractivity (Wildman–Crippen MR) is 179 cm³/mol. The summed E-state index contributed by atoms with van der Waals surface area (Å²) in [4.78, 5) is 29.6. The molecule has 2 amide bonds. The minimum absolute atomic E-state index is 0.0140. The fourth-order valence-corrected chi connectivity index (χ4v) is 8.70. The summed E-state index contributed by atoms with van der Waals surface area (Å²) in [6.45, 7) is 4.34. The normalized spacial score (nSPS) is 23.4. The van der Waals surface area contributed by atoms with Crippen molar-refractivity contribution >= 4 is 50.7 Å². The van der Waals surface area contributed by atoms with Gasteiger partial charge in [-0.05, 0) is 67.8 Å². The Hall–Kier alpha value is -3.57. The number of halogens is 2. The number of nitrogens with one attached hydrogen (secondary N) is 2. The van der Waals surface area contributed by atoms with Crippen molar-refractivity contribution in [1.29, 1.82) is 0 Å². The molecule has 3 aliphatic heterocycles. The van der Waals surface area contributed by atoms with Gasteiger partial charge in [-0.1, -0.05) is 59.6 Å². The van der Waals surface area contributed by atoms with Crippen molar-refractivity contribution < 1.29 is 22.7 Å². The van der Waals surface area contributed by atoms with Gasteiger partial charge in [0, 0.05) is 37.7 Å². The summed E-state index contributed by atoms with van der Waals surface area (Å²) >= 11 is 13.0. The third-order valence-electron chi connectivity index (χ3n) is 9.05. The molecule has 2 atom stereocenters. The van der Waals surface area contributed by atoms with E-state index in [2.05, 4.69) is 10.6 Å². The lowest BCUT2D eigenvalue weighted by molar-refractivity contribution is -0.146. The molecule has 6 rings (SSSR count). The molecular formula is C34H36Cl2N4O5S. The predicted octanol–water partition coefficient (Wildman–Crippen LogP) is 5.25. The van der Waals surface area contributed by atoms with Crippen molar-refractivity contribution in [3.8, 4) is 5.75 Å². The molecule has 1 spiro atoms. The number of sulfonamides is 1. The van der Waals surface area contributed by atoms with E-state index in [0.717, 1.165) is 11.3 Å². The van der Waals surface area contributed by atoms with E-state index < -0.39 is 27.4 Å². The third-order valence-corrected chi connectivity index (χ3v) is 11.6. The Morgan fingerprint density at radius 3 is 2.43 bits per heavy atom. The largest absolute Gasteiger partial charge is 0.494 e. The molecule has 46 heavy (non-hydrogen) atoms. The lowest BCUT2D eigenvalue weighted by atomic mass is 9.76. The van der Waals surface area contributed by atoms with Gasteiger partial charge in [-0.25, -0.2) is 8.42 Å². The molecule has 12 heteroatoms. The van der Waals surface area contributed by atoms with Gasteiger partial charge in [0.25, 0.3) is 15.9 Å². The molecule has 0 aromatic heterocycles. The van der Waals surface area contributed by atoms with E-state index in [1.165, 1.54) is 22.5 Å². The van der Waals surface area contributed by atoms with Gasteiger partial charge in [0.2, 0.25) is 5.91 Å². The van der Waals surface area contributed by atoms with Crippen molar-refractivity contribution in [3.05, 3.63) is 100 Å². The average Bonchev–Trinajstić information content (AvgIpc) is 3.02. The number of rotatable bonds is 4. The van der Waals surface area contributed by atoms with Gasteiger partial charge in [-0.15, -0.1) is 0 Å². The average molecular weight is 684 g/mol. The van der Waals surface area contributed by atoms with Crippen LogP contribution in [0.4, 0.5) is 5.69 Å². The maximum Gasteiger partial charge on any atom is 0.266 e. The fourth-order valence-electron chi connectivity index (χ4n) is 6.48. The van der Waals surface area contributed by atoms with Gasteiger partial charge in [-0.2, -0.15) is 0 Å². The number of nitrogens with zero attached hydrogens (tertiary/aromatic N) is 2. The third kappa shape index (κ3) is 6.23. The number of carbonyl (C=O) groups is 2. The minimum Gasteiger partial charge on any atom is -0.494 e. The lowest BCUT2D eigenvalue weighted by Crippen LogP contribution is -2.64. The van der Waals surface area contributed by atoms with Crippen LogP contribution in [0, 0.1) is 5.41 Å². The van der Waals surface area contributed by atoms with Crippen LogP contribution in [0.5, 0.6) is 5.75 Å². The summed E-state index contributed by atoms with van der Waals surface area (Å²) < 4.78 is 35.3. The standard InChI is InChI=1S/C34H36Cl2N4O5S/c1-2-45-25-12-9-23(10-13-25)26-15-18-39-20-29(26)38-32(41)24-11-14-28(36)31(19-24)46(43,44)40(30-8-4-3-7-27(30)35)17-6-5-16-34(33(39)42)21-37-22-34/h3-14,19,26,29,37H,2,15-18,20-22H2,1H3,(H,38,41)/b6-5-/t26-,29-/m0/s1. The Kier molecular flexibility index (Phi) is 9.34. The molecule has 3 aromatic rings. The van der Waals surface area contributed by atoms with Crippen molar-refractivity contribution in [2.75, 3.05) is 43.6 Å². The van der Waals surface area contributed by atoms with Gasteiger partial charge < -0.3 is 20.3 Å². The fraction of sp³-hybridized carbons (Fsp3) is 0.353. The van der Waals surface area contributed by atoms with E-state index in [1.807, 2.05) is 42.2 Å². The monoisotopic (exact) mass is 682 g/mol. The zero-order valence-electron chi connectivity index (χ0n) is 25.4. The summed E-state index contributed by atoms with van der Waals surface area (Å²) in [5, 5.41) is 6.63. The summed E-state index contributed by atoms with van der Waals surface area (Å²) in [6.07, 6.45) is 4.69. The first kappa shape index (κ1) is 32.4. The number of hydrogen-bond acceptors (Lipinski definition) is 6. The SMILES string of the molecule is CCOc1ccc([C@@H]2CCN3C[C@@H]2NC(=O)c2ccc(Cl)c(c2)S(=O)(=O)N(c2ccccc2Cl)C/C=C\CC2(CNC2)C3=O)cc1. The number of hydrogen-bond donors (Lipinski definition) is 2. The zero-order chi connectivity index (χ0) is 32.5. The van der Waals surface area contributed by atoms with E-state index in [1.54, 1.807) is 30.3 Å². The molecule has 0 unspecified atom stereocenters. The van der Waals surface area contributed by atoms with Crippen LogP contribution in [-0.2, 0) is 14.8 Å². The number of para-hydroxylation sites is 1. The van der Waals surface area contributed by atoms with E-state index in [-0.39, 0.29) is 44.6 Å². The van der Waals surface area contributed by atoms with Gasteiger partial charge in [-0.3, -0.25) is 13.9 Å². The van der Waals surface area contributed by atoms with Crippen molar-refractivity contribution in [2.24, 2.45) is 5.41 Å². The molecule has 2 N–H and O–H groups in total. The van der Waals surface area contributed by atoms with E-state index in [0.29, 0.717) is 45.6 Å². The molecule has 3 heterocycles. The van der Waals surface area contributed by atoms with Crippen LogP contribution in [0.1, 0.15) is 41.6 Å². The molecule has 0 aliphatic carbocycles. The molecule has 0 radical (unpaired) electrons. The maximum absolute atomic E-state index is 14.2. The molecule has 0 saturated carbocycles. The number of anilines is 1. The van der Waals surface area contributed by atoms with Gasteiger partial charge in [0.1, 0.15) is 10.6 Å². The molecule has 3 aromatic carbocycles. The molecule has 3 aliphatic rings. The second-order valence-electron chi connectivity index (χ2n) is 11.9. The number of allylic oxidation sites excluding steroid dienone is 1. The summed E-state index contributed by atoms with van der Waals surface area (Å²) in [5.74, 6) is 0.245. The summed E-state index contributed by atoms with van der Waals surface area (Å²) in [5.41, 5.74) is 0.776. The van der Waals surface area contributed by atoms with Crippen LogP contribution in [0.15, 0.2) is 83.8 Å². The zero-order valence-corrected chi connectivity index (χ0v) is 27.7. The molecule has 2 fully saturated rings. The van der Waals surface area contributed by atoms with Crippen LogP contribution in [0.2, 0.25) is 10.0 Å². The number of benzene rings is 3. The highest BCUT2D eigenvalue weighted by molar-refractivity contribution is 7.93. The number of piperidine rings is 1. The highest BCUT2D eigenvalue weighted by Gasteiger charge is 2.47. The first-order chi connectivity index (χ1) is 22.1. The van der Waals surface area contributed by atoms with Crippen LogP contribution >= 0.6 is 23.2 Å². The molecular weight excluding hydrogens is 647 g/mol. The lowest BCUT2D eigenvalue weighted by Gasteiger charge is -2.47. The Balaban J connectivity index is 1.42. The van der Waals surface area contributed by atoms with Crippen molar-refractivity contribution in [3.63, 3.8) is 0 Å². The number of ether oxygens (including phenoxy) is 1. The summed E-state index contributed by atoms with van der Waals surface area (Å²) in [6, 6.07) is 18.3. The number of carbonyl (C=O) groups excluding carboxylic acids is 2. The highest BCUT2D eigenvalue weighted by Crippen LogP contribution is 2.37. The Morgan fingerprint density at radius 1 is 0.978 bits per heavy atom. The van der Waals surface area contributed by atoms with E-state index >= 15 is 0 Å². The highest BCUT2D eigenvalue weighted by atomic mass is 35.5. The Bertz CT molecular complexity index is 1760. The van der Waals surface area contributed by atoms with Crippen LogP contribution in [-0.4, -0.2) is 70.5 Å². The first-order valence-corrected chi connectivity index (χ1v) is 17.6. The first-order valence-electron chi connectivity index (χ1n) is 15.4. The van der Waals surface area contributed by atoms with Crippen LogP contribution in [0.3, 0.4) is 0 Å². The van der Waals surface area contributed by atoms with E-state index in [9.17, 15) is 18.0 Å². The Morgan fingerprint density at radius 2 is 1.74 bits per heavy atom. The topological polar surface area (TPSA) is 108 Å². The van der Waals surface area contributed by atoms with Gasteiger partial charge in [0.05, 0.1) is 40.3 Å². The maximum atomic E-state index is 14.2. The van der Waals surface area contributed by atoms with Crippen molar-refractivity contribution in [1.82, 2.24) is 15.5 Å². The van der Waals surface area contributed by atoms with Gasteiger partial charge >= 0.3 is 0 Å². The quantitative estimate of drug-likeness (QED) is 0.364. The molecule has 4 bridgehead atoms. The Labute approximate surface area is 279 Å². The van der Waals surface area contributed by atoms with Gasteiger partial charge in [0.15, 0.2) is 0 Å². The second-order valence-corrected chi connectivity index (χ2v) is 14.6. The van der Waals surface area contributed by atoms with Crippen molar-refractivity contribution in [2.45, 2.75) is 36.6 Å². The molecule has 242 valence electrons. The van der Waals surface area contributed by atoms with E-state index in [4.69, 9.17) is 27.9 Å². The minimum atomic E-state index is -4.28. The molecule has 2 saturated heterocycles. The summed E-state index contributed by atoms with van der Waals surface area (Å²) in [7, 11) is -4.28. The van der Waals surface area contributed by atoms with Crippen LogP contribution in [0.25, 0.3) is 0 Å². The smallest absolute Gasteiger partial charge is 0.266 e. The number of amides is 2. The van der Waals surface area contributed by atoms with Crippen LogP contribution < -0.4 is 19.7 Å².